The third-order valence-corrected chi connectivity index (χ3v) is 2.66. The molecule has 1 aliphatic rings. The predicted octanol–water partition coefficient (Wildman–Crippen LogP) is 0.0212. The summed E-state index contributed by atoms with van der Waals surface area (Å²) in [7, 11) is 0. The van der Waals surface area contributed by atoms with Crippen LogP contribution in [0.3, 0.4) is 0 Å². The van der Waals surface area contributed by atoms with E-state index in [1.165, 1.54) is 6.08 Å². The topological polar surface area (TPSA) is 69.6 Å². The van der Waals surface area contributed by atoms with Crippen LogP contribution in [0.2, 0.25) is 0 Å². The average Bonchev–Trinajstić information content (AvgIpc) is 2.66. The van der Waals surface area contributed by atoms with Gasteiger partial charge in [0.05, 0.1) is 13.2 Å². The highest BCUT2D eigenvalue weighted by molar-refractivity contribution is 6.15. The molecule has 2 rings (SSSR count). The first-order valence-electron chi connectivity index (χ1n) is 5.68. The molecule has 5 nitrogen and oxygen atoms in total. The highest BCUT2D eigenvalue weighted by atomic mass is 16.3. The second kappa shape index (κ2) is 5.46. The number of amides is 2. The summed E-state index contributed by atoms with van der Waals surface area (Å²) in [6.07, 6.45) is 1.26. The number of nitrogens with one attached hydrogen (secondary N) is 1. The van der Waals surface area contributed by atoms with Crippen molar-refractivity contribution in [1.29, 1.82) is 0 Å². The molecule has 1 aromatic carbocycles. The number of rotatable bonds is 5. The molecule has 1 heterocycles. The molecule has 0 fully saturated rings. The van der Waals surface area contributed by atoms with Crippen molar-refractivity contribution >= 4 is 11.8 Å². The van der Waals surface area contributed by atoms with E-state index in [0.717, 1.165) is 10.5 Å². The lowest BCUT2D eigenvalue weighted by Gasteiger charge is -2.13. The van der Waals surface area contributed by atoms with Gasteiger partial charge in [-0.15, -0.1) is 0 Å². The van der Waals surface area contributed by atoms with Crippen molar-refractivity contribution in [2.24, 2.45) is 0 Å². The van der Waals surface area contributed by atoms with Crippen molar-refractivity contribution < 1.29 is 14.7 Å². The molecule has 0 aromatic heterocycles. The lowest BCUT2D eigenvalue weighted by molar-refractivity contribution is -0.137. The molecule has 94 valence electrons. The van der Waals surface area contributed by atoms with Crippen LogP contribution in [-0.2, 0) is 16.1 Å². The maximum Gasteiger partial charge on any atom is 0.277 e. The number of hydrogen-bond donors (Lipinski definition) is 2. The van der Waals surface area contributed by atoms with Gasteiger partial charge >= 0.3 is 0 Å². The van der Waals surface area contributed by atoms with Gasteiger partial charge in [0.25, 0.3) is 11.8 Å². The Morgan fingerprint density at radius 1 is 1.17 bits per heavy atom. The summed E-state index contributed by atoms with van der Waals surface area (Å²) >= 11 is 0. The van der Waals surface area contributed by atoms with Crippen LogP contribution in [0.4, 0.5) is 0 Å². The van der Waals surface area contributed by atoms with Gasteiger partial charge in [0.15, 0.2) is 0 Å². The minimum absolute atomic E-state index is 0.0324. The number of nitrogens with zero attached hydrogens (tertiary/aromatic N) is 1. The number of imide groups is 1. The zero-order chi connectivity index (χ0) is 13.0. The Morgan fingerprint density at radius 2 is 1.89 bits per heavy atom. The lowest BCUT2D eigenvalue weighted by Crippen LogP contribution is -2.35. The highest BCUT2D eigenvalue weighted by Gasteiger charge is 2.30. The third kappa shape index (κ3) is 2.57. The minimum atomic E-state index is -0.385. The van der Waals surface area contributed by atoms with E-state index in [-0.39, 0.29) is 30.7 Å². The fourth-order valence-corrected chi connectivity index (χ4v) is 1.74. The summed E-state index contributed by atoms with van der Waals surface area (Å²) in [5.74, 6) is -0.769. The number of benzene rings is 1. The second-order valence-electron chi connectivity index (χ2n) is 3.92. The van der Waals surface area contributed by atoms with Gasteiger partial charge in [-0.05, 0) is 5.56 Å². The largest absolute Gasteiger partial charge is 0.395 e. The summed E-state index contributed by atoms with van der Waals surface area (Å²) in [6, 6.07) is 9.59. The van der Waals surface area contributed by atoms with E-state index < -0.39 is 0 Å². The van der Waals surface area contributed by atoms with Crippen molar-refractivity contribution in [2.45, 2.75) is 6.54 Å². The molecular weight excluding hydrogens is 232 g/mol. The summed E-state index contributed by atoms with van der Waals surface area (Å²) in [6.45, 7) is 0.292. The maximum atomic E-state index is 11.8. The van der Waals surface area contributed by atoms with Crippen LogP contribution in [0.5, 0.6) is 0 Å². The first-order valence-corrected chi connectivity index (χ1v) is 5.68. The Hall–Kier alpha value is -2.14. The van der Waals surface area contributed by atoms with Crippen LogP contribution < -0.4 is 5.32 Å². The molecule has 0 saturated heterocycles. The van der Waals surface area contributed by atoms with E-state index in [4.69, 9.17) is 5.11 Å². The molecule has 0 saturated carbocycles. The number of β-amino-alcohol motifs (C(OH)–C–C–N with tert-alkyl or cyclic N) is 1. The Labute approximate surface area is 105 Å². The molecular formula is C13H14N2O3. The van der Waals surface area contributed by atoms with Gasteiger partial charge < -0.3 is 10.4 Å². The summed E-state index contributed by atoms with van der Waals surface area (Å²) < 4.78 is 0. The first-order chi connectivity index (χ1) is 8.72. The van der Waals surface area contributed by atoms with Gasteiger partial charge in [0.1, 0.15) is 5.70 Å². The molecule has 18 heavy (non-hydrogen) atoms. The smallest absolute Gasteiger partial charge is 0.277 e. The van der Waals surface area contributed by atoms with Crippen molar-refractivity contribution in [2.75, 3.05) is 13.2 Å². The molecule has 0 aliphatic carbocycles. The van der Waals surface area contributed by atoms with Gasteiger partial charge in [-0.2, -0.15) is 0 Å². The van der Waals surface area contributed by atoms with Gasteiger partial charge in [-0.25, -0.2) is 0 Å². The second-order valence-corrected chi connectivity index (χ2v) is 3.92. The Morgan fingerprint density at radius 3 is 2.56 bits per heavy atom. The molecule has 1 aromatic rings. The van der Waals surface area contributed by atoms with Crippen LogP contribution in [0.25, 0.3) is 0 Å². The van der Waals surface area contributed by atoms with Gasteiger partial charge in [0, 0.05) is 12.6 Å². The standard InChI is InChI=1S/C13H14N2O3/c16-7-6-15-12(17)8-11(13(15)18)14-9-10-4-2-1-3-5-10/h1-5,8,14,16H,6-7,9H2. The quantitative estimate of drug-likeness (QED) is 0.719. The predicted molar refractivity (Wildman–Crippen MR) is 65.2 cm³/mol. The van der Waals surface area contributed by atoms with Crippen LogP contribution in [0, 0.1) is 0 Å². The lowest BCUT2D eigenvalue weighted by atomic mass is 10.2. The van der Waals surface area contributed by atoms with Crippen molar-refractivity contribution in [3.63, 3.8) is 0 Å². The Kier molecular flexibility index (Phi) is 3.74. The van der Waals surface area contributed by atoms with E-state index in [0.29, 0.717) is 6.54 Å². The van der Waals surface area contributed by atoms with Crippen LogP contribution in [-0.4, -0.2) is 35.0 Å². The van der Waals surface area contributed by atoms with Gasteiger partial charge in [-0.3, -0.25) is 14.5 Å². The SMILES string of the molecule is O=C1C=C(NCc2ccccc2)C(=O)N1CCO. The van der Waals surface area contributed by atoms with E-state index in [9.17, 15) is 9.59 Å². The average molecular weight is 246 g/mol. The van der Waals surface area contributed by atoms with E-state index in [2.05, 4.69) is 5.32 Å². The van der Waals surface area contributed by atoms with Crippen LogP contribution in [0.15, 0.2) is 42.1 Å². The molecule has 5 heteroatoms. The summed E-state index contributed by atoms with van der Waals surface area (Å²) in [5, 5.41) is 11.7. The van der Waals surface area contributed by atoms with E-state index >= 15 is 0 Å². The number of carbonyl (C=O) groups excluding carboxylic acids is 2. The molecule has 0 radical (unpaired) electrons. The number of aliphatic hydroxyl groups is 1. The third-order valence-electron chi connectivity index (χ3n) is 2.66. The van der Waals surface area contributed by atoms with E-state index in [1.807, 2.05) is 30.3 Å². The van der Waals surface area contributed by atoms with Crippen molar-refractivity contribution in [3.05, 3.63) is 47.7 Å². The molecule has 0 unspecified atom stereocenters. The number of aliphatic hydroxyl groups excluding tert-OH is 1. The van der Waals surface area contributed by atoms with Gasteiger partial charge in [0.2, 0.25) is 0 Å². The highest BCUT2D eigenvalue weighted by Crippen LogP contribution is 2.10. The minimum Gasteiger partial charge on any atom is -0.395 e. The number of hydrogen-bond acceptors (Lipinski definition) is 4. The summed E-state index contributed by atoms with van der Waals surface area (Å²) in [5.41, 5.74) is 1.30. The molecule has 2 amide bonds. The first kappa shape index (κ1) is 12.3. The zero-order valence-electron chi connectivity index (χ0n) is 9.80. The zero-order valence-corrected chi connectivity index (χ0v) is 9.80. The fourth-order valence-electron chi connectivity index (χ4n) is 1.74. The molecule has 0 bridgehead atoms. The molecule has 0 atom stereocenters. The van der Waals surface area contributed by atoms with Crippen LogP contribution in [0.1, 0.15) is 5.56 Å². The molecule has 2 N–H and O–H groups in total. The van der Waals surface area contributed by atoms with Crippen molar-refractivity contribution in [3.8, 4) is 0 Å². The van der Waals surface area contributed by atoms with Gasteiger partial charge in [-0.1, -0.05) is 30.3 Å². The van der Waals surface area contributed by atoms with Crippen LogP contribution >= 0.6 is 0 Å². The molecule has 1 aliphatic heterocycles. The Bertz CT molecular complexity index is 482. The van der Waals surface area contributed by atoms with E-state index in [1.54, 1.807) is 0 Å². The Balaban J connectivity index is 1.97. The normalized spacial score (nSPS) is 14.9. The maximum absolute atomic E-state index is 11.8. The fraction of sp³-hybridized carbons (Fsp3) is 0.231. The molecule has 0 spiro atoms. The summed E-state index contributed by atoms with van der Waals surface area (Å²) in [4.78, 5) is 24.3. The number of carbonyl (C=O) groups is 2. The van der Waals surface area contributed by atoms with Crippen molar-refractivity contribution in [1.82, 2.24) is 10.2 Å². The monoisotopic (exact) mass is 246 g/mol.